The second-order valence-electron chi connectivity index (χ2n) is 5.73. The van der Waals surface area contributed by atoms with Crippen LogP contribution in [-0.2, 0) is 6.42 Å². The van der Waals surface area contributed by atoms with E-state index in [9.17, 15) is 13.2 Å². The minimum absolute atomic E-state index is 0. The van der Waals surface area contributed by atoms with Crippen molar-refractivity contribution in [2.75, 3.05) is 32.7 Å². The average molecular weight is 476 g/mol. The van der Waals surface area contributed by atoms with Crippen LogP contribution in [0.2, 0.25) is 0 Å². The molecule has 1 aliphatic rings. The smallest absolute Gasteiger partial charge is 0.357 e. The Morgan fingerprint density at radius 2 is 2.20 bits per heavy atom. The van der Waals surface area contributed by atoms with E-state index in [0.29, 0.717) is 56.7 Å². The number of guanidine groups is 1. The molecule has 1 aliphatic heterocycles. The van der Waals surface area contributed by atoms with Crippen LogP contribution < -0.4 is 10.6 Å². The minimum atomic E-state index is -4.16. The van der Waals surface area contributed by atoms with Gasteiger partial charge < -0.3 is 15.2 Å². The molecule has 1 aromatic heterocycles. The van der Waals surface area contributed by atoms with Crippen molar-refractivity contribution in [2.24, 2.45) is 4.99 Å². The number of likely N-dealkylation sites (tertiary alicyclic amines) is 1. The summed E-state index contributed by atoms with van der Waals surface area (Å²) >= 11 is 0. The van der Waals surface area contributed by atoms with Gasteiger partial charge in [-0.15, -0.1) is 24.0 Å². The Labute approximate surface area is 161 Å². The van der Waals surface area contributed by atoms with E-state index in [4.69, 9.17) is 4.52 Å². The van der Waals surface area contributed by atoms with Gasteiger partial charge in [0.15, 0.2) is 11.8 Å². The Balaban J connectivity index is 0.00000312. The Hall–Kier alpha value is -1.11. The lowest BCUT2D eigenvalue weighted by atomic mass is 10.3. The van der Waals surface area contributed by atoms with Gasteiger partial charge in [0.25, 0.3) is 0 Å². The molecule has 1 saturated heterocycles. The maximum absolute atomic E-state index is 12.4. The number of hydrogen-bond acceptors (Lipinski definition) is 5. The van der Waals surface area contributed by atoms with Gasteiger partial charge in [-0.3, -0.25) is 9.89 Å². The number of aromatic nitrogens is 2. The van der Waals surface area contributed by atoms with E-state index < -0.39 is 12.7 Å². The highest BCUT2D eigenvalue weighted by molar-refractivity contribution is 14.0. The third kappa shape index (κ3) is 8.21. The molecule has 1 fully saturated rings. The van der Waals surface area contributed by atoms with Crippen LogP contribution >= 0.6 is 24.0 Å². The van der Waals surface area contributed by atoms with E-state index >= 15 is 0 Å². The largest absolute Gasteiger partial charge is 0.401 e. The molecular formula is C14H24F3IN6O. The summed E-state index contributed by atoms with van der Waals surface area (Å²) in [6.45, 7) is 4.72. The normalized spacial score (nSPS) is 18.9. The second kappa shape index (κ2) is 10.1. The molecule has 2 rings (SSSR count). The first kappa shape index (κ1) is 21.9. The van der Waals surface area contributed by atoms with Crippen molar-refractivity contribution in [1.29, 1.82) is 0 Å². The van der Waals surface area contributed by atoms with Crippen molar-refractivity contribution in [3.63, 3.8) is 0 Å². The summed E-state index contributed by atoms with van der Waals surface area (Å²) in [6.07, 6.45) is -2.98. The molecule has 11 heteroatoms. The molecule has 1 unspecified atom stereocenters. The molecule has 0 bridgehead atoms. The second-order valence-corrected chi connectivity index (χ2v) is 5.73. The number of aryl methyl sites for hydroxylation is 1. The lowest BCUT2D eigenvalue weighted by Crippen LogP contribution is -2.45. The zero-order valence-electron chi connectivity index (χ0n) is 14.3. The van der Waals surface area contributed by atoms with Crippen LogP contribution in [0.5, 0.6) is 0 Å². The highest BCUT2D eigenvalue weighted by atomic mass is 127. The van der Waals surface area contributed by atoms with Crippen molar-refractivity contribution in [3.8, 4) is 0 Å². The first-order valence-electron chi connectivity index (χ1n) is 7.99. The van der Waals surface area contributed by atoms with Crippen LogP contribution in [0, 0.1) is 6.92 Å². The third-order valence-electron chi connectivity index (χ3n) is 3.53. The lowest BCUT2D eigenvalue weighted by Gasteiger charge is -2.19. The summed E-state index contributed by atoms with van der Waals surface area (Å²) in [4.78, 5) is 9.91. The van der Waals surface area contributed by atoms with E-state index in [1.54, 1.807) is 6.92 Å². The Morgan fingerprint density at radius 1 is 1.44 bits per heavy atom. The van der Waals surface area contributed by atoms with Gasteiger partial charge in [0.2, 0.25) is 5.89 Å². The summed E-state index contributed by atoms with van der Waals surface area (Å²) in [5.41, 5.74) is 0. The topological polar surface area (TPSA) is 78.6 Å². The van der Waals surface area contributed by atoms with E-state index in [0.717, 1.165) is 0 Å². The van der Waals surface area contributed by atoms with Gasteiger partial charge in [0, 0.05) is 32.1 Å². The van der Waals surface area contributed by atoms with Gasteiger partial charge >= 0.3 is 6.18 Å². The number of hydrogen-bond donors (Lipinski definition) is 2. The highest BCUT2D eigenvalue weighted by Gasteiger charge is 2.34. The van der Waals surface area contributed by atoms with Gasteiger partial charge in [-0.05, 0) is 20.3 Å². The molecular weight excluding hydrogens is 452 g/mol. The molecule has 2 heterocycles. The molecule has 144 valence electrons. The van der Waals surface area contributed by atoms with Crippen molar-refractivity contribution in [2.45, 2.75) is 38.9 Å². The van der Waals surface area contributed by atoms with E-state index in [1.165, 1.54) is 4.90 Å². The van der Waals surface area contributed by atoms with Crippen molar-refractivity contribution >= 4 is 29.9 Å². The third-order valence-corrected chi connectivity index (χ3v) is 3.53. The van der Waals surface area contributed by atoms with Crippen molar-refractivity contribution in [3.05, 3.63) is 11.7 Å². The maximum atomic E-state index is 12.4. The number of nitrogens with zero attached hydrogens (tertiary/aromatic N) is 4. The molecule has 0 saturated carbocycles. The van der Waals surface area contributed by atoms with Gasteiger partial charge in [0.1, 0.15) is 0 Å². The monoisotopic (exact) mass is 476 g/mol. The van der Waals surface area contributed by atoms with Gasteiger partial charge in [0.05, 0.1) is 13.1 Å². The zero-order valence-corrected chi connectivity index (χ0v) is 16.6. The van der Waals surface area contributed by atoms with Crippen LogP contribution in [0.25, 0.3) is 0 Å². The first-order chi connectivity index (χ1) is 11.4. The molecule has 0 amide bonds. The fourth-order valence-electron chi connectivity index (χ4n) is 2.57. The highest BCUT2D eigenvalue weighted by Crippen LogP contribution is 2.19. The quantitative estimate of drug-likeness (QED) is 0.370. The summed E-state index contributed by atoms with van der Waals surface area (Å²) in [5.74, 6) is 1.69. The number of alkyl halides is 3. The summed E-state index contributed by atoms with van der Waals surface area (Å²) in [7, 11) is 0. The molecule has 0 spiro atoms. The van der Waals surface area contributed by atoms with Gasteiger partial charge in [-0.2, -0.15) is 18.2 Å². The number of rotatable bonds is 6. The predicted octanol–water partition coefficient (Wildman–Crippen LogP) is 1.73. The Bertz CT molecular complexity index is 551. The standard InChI is InChI=1S/C14H23F3N6O.HI/c1-3-18-13(19-6-4-12-20-10(2)22-24-12)21-11-5-7-23(8-11)9-14(15,16)17;/h11H,3-9H2,1-2H3,(H2,18,19,21);1H. The molecule has 1 atom stereocenters. The fraction of sp³-hybridized carbons (Fsp3) is 0.786. The molecule has 0 aliphatic carbocycles. The summed E-state index contributed by atoms with van der Waals surface area (Å²) in [6, 6.07) is -0.0456. The maximum Gasteiger partial charge on any atom is 0.401 e. The van der Waals surface area contributed by atoms with Crippen LogP contribution in [0.3, 0.4) is 0 Å². The van der Waals surface area contributed by atoms with Crippen LogP contribution in [0.4, 0.5) is 13.2 Å². The van der Waals surface area contributed by atoms with E-state index in [2.05, 4.69) is 25.8 Å². The Kier molecular flexibility index (Phi) is 8.89. The first-order valence-corrected chi connectivity index (χ1v) is 7.99. The SMILES string of the molecule is CCNC(=NCCc1nc(C)no1)NC1CCN(CC(F)(F)F)C1.I. The molecule has 0 aromatic carbocycles. The zero-order chi connectivity index (χ0) is 17.6. The van der Waals surface area contributed by atoms with Crippen LogP contribution in [0.1, 0.15) is 25.1 Å². The van der Waals surface area contributed by atoms with Gasteiger partial charge in [-0.25, -0.2) is 0 Å². The van der Waals surface area contributed by atoms with Crippen LogP contribution in [-0.4, -0.2) is 65.9 Å². The number of aliphatic imine (C=N–C) groups is 1. The molecule has 25 heavy (non-hydrogen) atoms. The van der Waals surface area contributed by atoms with Crippen LogP contribution in [0.15, 0.2) is 9.52 Å². The van der Waals surface area contributed by atoms with E-state index in [-0.39, 0.29) is 30.0 Å². The fourth-order valence-corrected chi connectivity index (χ4v) is 2.57. The Morgan fingerprint density at radius 3 is 2.80 bits per heavy atom. The van der Waals surface area contributed by atoms with E-state index in [1.807, 2.05) is 6.92 Å². The lowest BCUT2D eigenvalue weighted by molar-refractivity contribution is -0.143. The molecule has 7 nitrogen and oxygen atoms in total. The number of nitrogens with one attached hydrogen (secondary N) is 2. The van der Waals surface area contributed by atoms with Crippen molar-refractivity contribution < 1.29 is 17.7 Å². The molecule has 2 N–H and O–H groups in total. The summed E-state index contributed by atoms with van der Waals surface area (Å²) < 4.78 is 42.3. The number of halogens is 4. The minimum Gasteiger partial charge on any atom is -0.357 e. The average Bonchev–Trinajstić information content (AvgIpc) is 3.07. The van der Waals surface area contributed by atoms with Gasteiger partial charge in [-0.1, -0.05) is 5.16 Å². The summed E-state index contributed by atoms with van der Waals surface area (Å²) in [5, 5.41) is 9.99. The predicted molar refractivity (Wildman–Crippen MR) is 98.2 cm³/mol. The molecule has 0 radical (unpaired) electrons. The molecule has 1 aromatic rings. The van der Waals surface area contributed by atoms with Crippen molar-refractivity contribution in [1.82, 2.24) is 25.7 Å².